The number of hydrogen-bond acceptors (Lipinski definition) is 0. The fourth-order valence-electron chi connectivity index (χ4n) is 1.21. The normalized spacial score (nSPS) is 9.27. The Balaban J connectivity index is 0. The molecule has 0 aliphatic heterocycles. The van der Waals surface area contributed by atoms with Crippen LogP contribution < -0.4 is 0 Å². The second-order valence-electron chi connectivity index (χ2n) is 3.12. The maximum absolute atomic E-state index is 2.27. The molecule has 0 N–H and O–H groups in total. The van der Waals surface area contributed by atoms with Gasteiger partial charge >= 0.3 is 0 Å². The minimum absolute atomic E-state index is 0. The SMILES string of the molecule is CCCCCCCCCC.[Co]. The molecule has 71 valence electrons. The molecule has 0 aromatic heterocycles. The van der Waals surface area contributed by atoms with Crippen LogP contribution in [0, 0.1) is 0 Å². The van der Waals surface area contributed by atoms with Gasteiger partial charge in [-0.1, -0.05) is 65.2 Å². The van der Waals surface area contributed by atoms with E-state index in [0.717, 1.165) is 0 Å². The van der Waals surface area contributed by atoms with Gasteiger partial charge in [-0.05, 0) is 0 Å². The fourth-order valence-corrected chi connectivity index (χ4v) is 1.21. The van der Waals surface area contributed by atoms with Crippen molar-refractivity contribution in [1.29, 1.82) is 0 Å². The van der Waals surface area contributed by atoms with Crippen LogP contribution in [0.25, 0.3) is 0 Å². The van der Waals surface area contributed by atoms with Gasteiger partial charge in [-0.15, -0.1) is 0 Å². The first-order valence-corrected chi connectivity index (χ1v) is 4.91. The zero-order valence-electron chi connectivity index (χ0n) is 7.99. The summed E-state index contributed by atoms with van der Waals surface area (Å²) in [4.78, 5) is 0. The van der Waals surface area contributed by atoms with Crippen LogP contribution in [0.3, 0.4) is 0 Å². The molecule has 0 aromatic rings. The molecule has 0 saturated heterocycles. The van der Waals surface area contributed by atoms with Gasteiger partial charge < -0.3 is 0 Å². The Morgan fingerprint density at radius 3 is 1.09 bits per heavy atom. The summed E-state index contributed by atoms with van der Waals surface area (Å²) in [6.07, 6.45) is 11.5. The Bertz CT molecular complexity index is 44.8. The summed E-state index contributed by atoms with van der Waals surface area (Å²) in [6, 6.07) is 0. The van der Waals surface area contributed by atoms with Gasteiger partial charge in [0.2, 0.25) is 0 Å². The average Bonchev–Trinajstić information content (AvgIpc) is 1.97. The van der Waals surface area contributed by atoms with Gasteiger partial charge in [0, 0.05) is 16.8 Å². The molecule has 0 fully saturated rings. The molecule has 0 aliphatic rings. The van der Waals surface area contributed by atoms with Crippen LogP contribution in [0.4, 0.5) is 0 Å². The Morgan fingerprint density at radius 2 is 0.818 bits per heavy atom. The van der Waals surface area contributed by atoms with Crippen LogP contribution in [0.1, 0.15) is 65.2 Å². The van der Waals surface area contributed by atoms with Crippen molar-refractivity contribution in [3.63, 3.8) is 0 Å². The Labute approximate surface area is 82.3 Å². The van der Waals surface area contributed by atoms with Crippen molar-refractivity contribution in [2.75, 3.05) is 0 Å². The van der Waals surface area contributed by atoms with Gasteiger partial charge in [0.25, 0.3) is 0 Å². The largest absolute Gasteiger partial charge is 0.0654 e. The molecular weight excluding hydrogens is 179 g/mol. The van der Waals surface area contributed by atoms with E-state index in [0.29, 0.717) is 0 Å². The van der Waals surface area contributed by atoms with Gasteiger partial charge in [0.1, 0.15) is 0 Å². The Morgan fingerprint density at radius 1 is 0.545 bits per heavy atom. The second-order valence-corrected chi connectivity index (χ2v) is 3.12. The summed E-state index contributed by atoms with van der Waals surface area (Å²) in [7, 11) is 0. The van der Waals surface area contributed by atoms with Gasteiger partial charge in [0.05, 0.1) is 0 Å². The van der Waals surface area contributed by atoms with Crippen molar-refractivity contribution < 1.29 is 16.8 Å². The maximum Gasteiger partial charge on any atom is 0 e. The van der Waals surface area contributed by atoms with E-state index in [1.165, 1.54) is 51.4 Å². The van der Waals surface area contributed by atoms with E-state index in [4.69, 9.17) is 0 Å². The topological polar surface area (TPSA) is 0 Å². The van der Waals surface area contributed by atoms with Crippen molar-refractivity contribution in [2.45, 2.75) is 65.2 Å². The van der Waals surface area contributed by atoms with E-state index in [2.05, 4.69) is 13.8 Å². The molecule has 0 unspecified atom stereocenters. The summed E-state index contributed by atoms with van der Waals surface area (Å²) in [6.45, 7) is 4.54. The predicted octanol–water partition coefficient (Wildman–Crippen LogP) is 4.14. The average molecular weight is 201 g/mol. The summed E-state index contributed by atoms with van der Waals surface area (Å²) in [5.74, 6) is 0. The molecule has 0 nitrogen and oxygen atoms in total. The second kappa shape index (κ2) is 13.1. The van der Waals surface area contributed by atoms with Gasteiger partial charge in [-0.3, -0.25) is 0 Å². The first-order valence-electron chi connectivity index (χ1n) is 4.91. The molecule has 0 aliphatic carbocycles. The standard InChI is InChI=1S/C10H22.Co/c1-3-5-7-9-10-8-6-4-2;/h3-10H2,1-2H3;. The van der Waals surface area contributed by atoms with Crippen molar-refractivity contribution in [1.82, 2.24) is 0 Å². The quantitative estimate of drug-likeness (QED) is 0.543. The zero-order valence-corrected chi connectivity index (χ0v) is 9.03. The minimum Gasteiger partial charge on any atom is -0.0654 e. The molecule has 0 atom stereocenters. The molecule has 11 heavy (non-hydrogen) atoms. The molecule has 0 spiro atoms. The first-order chi connectivity index (χ1) is 4.91. The van der Waals surface area contributed by atoms with Gasteiger partial charge in [-0.2, -0.15) is 0 Å². The smallest absolute Gasteiger partial charge is 0 e. The molecule has 0 saturated carbocycles. The molecule has 1 radical (unpaired) electrons. The third-order valence-corrected chi connectivity index (χ3v) is 1.96. The van der Waals surface area contributed by atoms with E-state index in [1.54, 1.807) is 0 Å². The molecule has 0 aromatic carbocycles. The van der Waals surface area contributed by atoms with Crippen molar-refractivity contribution >= 4 is 0 Å². The molecule has 0 heterocycles. The van der Waals surface area contributed by atoms with E-state index in [1.807, 2.05) is 0 Å². The molecule has 0 amide bonds. The zero-order chi connectivity index (χ0) is 7.66. The minimum atomic E-state index is 0. The number of unbranched alkanes of at least 4 members (excludes halogenated alkanes) is 7. The van der Waals surface area contributed by atoms with Crippen molar-refractivity contribution in [2.24, 2.45) is 0 Å². The van der Waals surface area contributed by atoms with Gasteiger partial charge in [-0.25, -0.2) is 0 Å². The van der Waals surface area contributed by atoms with E-state index < -0.39 is 0 Å². The number of hydrogen-bond donors (Lipinski definition) is 0. The Kier molecular flexibility index (Phi) is 16.8. The van der Waals surface area contributed by atoms with Crippen LogP contribution in [0.15, 0.2) is 0 Å². The summed E-state index contributed by atoms with van der Waals surface area (Å²) >= 11 is 0. The molecular formula is C10H22Co. The van der Waals surface area contributed by atoms with Crippen molar-refractivity contribution in [3.8, 4) is 0 Å². The van der Waals surface area contributed by atoms with Crippen LogP contribution in [0.5, 0.6) is 0 Å². The first kappa shape index (κ1) is 14.1. The maximum atomic E-state index is 2.27. The van der Waals surface area contributed by atoms with Crippen LogP contribution in [0.2, 0.25) is 0 Å². The molecule has 0 bridgehead atoms. The summed E-state index contributed by atoms with van der Waals surface area (Å²) < 4.78 is 0. The monoisotopic (exact) mass is 201 g/mol. The van der Waals surface area contributed by atoms with E-state index >= 15 is 0 Å². The van der Waals surface area contributed by atoms with Gasteiger partial charge in [0.15, 0.2) is 0 Å². The van der Waals surface area contributed by atoms with E-state index in [9.17, 15) is 0 Å². The Hall–Kier alpha value is 0.506. The third kappa shape index (κ3) is 13.5. The summed E-state index contributed by atoms with van der Waals surface area (Å²) in [5.41, 5.74) is 0. The third-order valence-electron chi connectivity index (χ3n) is 1.96. The molecule has 0 rings (SSSR count). The molecule has 1 heteroatoms. The van der Waals surface area contributed by atoms with Crippen molar-refractivity contribution in [3.05, 3.63) is 0 Å². The van der Waals surface area contributed by atoms with Crippen LogP contribution >= 0.6 is 0 Å². The summed E-state index contributed by atoms with van der Waals surface area (Å²) in [5, 5.41) is 0. The van der Waals surface area contributed by atoms with Crippen LogP contribution in [-0.2, 0) is 16.8 Å². The fraction of sp³-hybridized carbons (Fsp3) is 1.00. The van der Waals surface area contributed by atoms with Crippen LogP contribution in [-0.4, -0.2) is 0 Å². The predicted molar refractivity (Wildman–Crippen MR) is 48.3 cm³/mol. The number of rotatable bonds is 7. The van der Waals surface area contributed by atoms with E-state index in [-0.39, 0.29) is 16.8 Å².